The van der Waals surface area contributed by atoms with Crippen LogP contribution in [-0.4, -0.2) is 15.0 Å². The number of aromatic nitrogens is 3. The predicted molar refractivity (Wildman–Crippen MR) is 130 cm³/mol. The second-order valence-electron chi connectivity index (χ2n) is 7.80. The van der Waals surface area contributed by atoms with E-state index in [9.17, 15) is 13.2 Å². The molecule has 6 rings (SSSR count). The van der Waals surface area contributed by atoms with Crippen molar-refractivity contribution < 1.29 is 13.2 Å². The lowest BCUT2D eigenvalue weighted by atomic mass is 9.98. The van der Waals surface area contributed by atoms with Gasteiger partial charge in [0.25, 0.3) is 0 Å². The molecule has 0 spiro atoms. The zero-order valence-corrected chi connectivity index (χ0v) is 18.0. The second-order valence-corrected chi connectivity index (χ2v) is 7.80. The van der Waals surface area contributed by atoms with Gasteiger partial charge in [0, 0.05) is 40.6 Å². The molecule has 34 heavy (non-hydrogen) atoms. The number of rotatable bonds is 2. The van der Waals surface area contributed by atoms with Crippen LogP contribution in [0, 0.1) is 0 Å². The minimum atomic E-state index is -4.38. The molecular formula is C28H20F3N3. The minimum absolute atomic E-state index is 0.498. The van der Waals surface area contributed by atoms with Gasteiger partial charge in [0.1, 0.15) is 0 Å². The molecule has 0 aliphatic heterocycles. The molecule has 0 amide bonds. The fraction of sp³-hybridized carbons (Fsp3) is 0.0357. The third-order valence-corrected chi connectivity index (χ3v) is 5.62. The van der Waals surface area contributed by atoms with E-state index in [0.29, 0.717) is 11.3 Å². The molecule has 0 saturated heterocycles. The van der Waals surface area contributed by atoms with Gasteiger partial charge in [0.15, 0.2) is 0 Å². The molecule has 6 aromatic rings. The highest BCUT2D eigenvalue weighted by molar-refractivity contribution is 6.03. The summed E-state index contributed by atoms with van der Waals surface area (Å²) < 4.78 is 39.3. The summed E-state index contributed by atoms with van der Waals surface area (Å²) in [5.74, 6) is 0. The topological polar surface area (TPSA) is 44.5 Å². The Morgan fingerprint density at radius 1 is 0.676 bits per heavy atom. The van der Waals surface area contributed by atoms with E-state index >= 15 is 0 Å². The summed E-state index contributed by atoms with van der Waals surface area (Å²) in [5.41, 5.74) is 4.36. The smallest absolute Gasteiger partial charge is 0.361 e. The van der Waals surface area contributed by atoms with Crippen molar-refractivity contribution in [3.8, 4) is 22.4 Å². The molecule has 6 heteroatoms. The van der Waals surface area contributed by atoms with Gasteiger partial charge < -0.3 is 9.97 Å². The highest BCUT2D eigenvalue weighted by Gasteiger charge is 2.30. The molecule has 0 bridgehead atoms. The van der Waals surface area contributed by atoms with E-state index in [4.69, 9.17) is 0 Å². The second kappa shape index (κ2) is 8.90. The van der Waals surface area contributed by atoms with Gasteiger partial charge in [-0.3, -0.25) is 4.98 Å². The number of para-hydroxylation sites is 2. The molecule has 0 unspecified atom stereocenters. The largest absolute Gasteiger partial charge is 0.416 e. The number of pyridine rings is 1. The number of H-pyrrole nitrogens is 2. The van der Waals surface area contributed by atoms with Crippen LogP contribution in [0.25, 0.3) is 44.2 Å². The summed E-state index contributed by atoms with van der Waals surface area (Å²) in [6.07, 6.45) is 0.920. The Balaban J connectivity index is 0.000000222. The maximum absolute atomic E-state index is 13.1. The van der Waals surface area contributed by atoms with E-state index in [0.717, 1.165) is 28.1 Å². The molecule has 0 aliphatic carbocycles. The number of aromatic amines is 2. The van der Waals surface area contributed by atoms with E-state index in [2.05, 4.69) is 33.2 Å². The third kappa shape index (κ3) is 4.30. The summed E-state index contributed by atoms with van der Waals surface area (Å²) in [6, 6.07) is 27.0. The van der Waals surface area contributed by atoms with Crippen LogP contribution in [0.5, 0.6) is 0 Å². The number of halogens is 3. The fourth-order valence-corrected chi connectivity index (χ4v) is 4.02. The maximum Gasteiger partial charge on any atom is 0.416 e. The zero-order valence-electron chi connectivity index (χ0n) is 18.0. The van der Waals surface area contributed by atoms with Crippen molar-refractivity contribution in [2.45, 2.75) is 6.18 Å². The summed E-state index contributed by atoms with van der Waals surface area (Å²) in [5, 5.41) is 2.23. The highest BCUT2D eigenvalue weighted by Crippen LogP contribution is 2.39. The Bertz CT molecular complexity index is 1520. The molecule has 0 atom stereocenters. The first-order valence-electron chi connectivity index (χ1n) is 10.7. The number of hydrogen-bond donors (Lipinski definition) is 2. The zero-order chi connectivity index (χ0) is 23.5. The maximum atomic E-state index is 13.1. The molecule has 0 fully saturated rings. The molecule has 3 heterocycles. The van der Waals surface area contributed by atoms with Crippen LogP contribution in [0.3, 0.4) is 0 Å². The molecule has 0 aliphatic rings. The van der Waals surface area contributed by atoms with Crippen LogP contribution in [0.15, 0.2) is 110 Å². The molecule has 168 valence electrons. The van der Waals surface area contributed by atoms with Crippen LogP contribution in [-0.2, 0) is 6.18 Å². The van der Waals surface area contributed by atoms with Crippen molar-refractivity contribution in [2.75, 3.05) is 0 Å². The van der Waals surface area contributed by atoms with Gasteiger partial charge in [-0.15, -0.1) is 0 Å². The van der Waals surface area contributed by atoms with Gasteiger partial charge in [-0.1, -0.05) is 48.5 Å². The van der Waals surface area contributed by atoms with E-state index in [1.54, 1.807) is 18.5 Å². The van der Waals surface area contributed by atoms with Gasteiger partial charge in [-0.05, 0) is 59.0 Å². The van der Waals surface area contributed by atoms with Gasteiger partial charge in [-0.2, -0.15) is 13.2 Å². The lowest BCUT2D eigenvalue weighted by molar-refractivity contribution is -0.137. The average Bonchev–Trinajstić information content (AvgIpc) is 3.49. The SMILES string of the molecule is FC(F)(F)c1cccc(-c2[nH]c3ccccc3c2-c2ccncc2)c1.c1ccc2[nH]ccc2c1. The Labute approximate surface area is 193 Å². The van der Waals surface area contributed by atoms with Crippen molar-refractivity contribution in [1.82, 2.24) is 15.0 Å². The first kappa shape index (κ1) is 21.5. The minimum Gasteiger partial charge on any atom is -0.361 e. The van der Waals surface area contributed by atoms with Crippen molar-refractivity contribution in [3.63, 3.8) is 0 Å². The van der Waals surface area contributed by atoms with Gasteiger partial charge in [0.05, 0.1) is 11.3 Å². The molecular weight excluding hydrogens is 435 g/mol. The van der Waals surface area contributed by atoms with Crippen molar-refractivity contribution >= 4 is 21.8 Å². The predicted octanol–water partition coefficient (Wildman–Crippen LogP) is 8.08. The first-order chi connectivity index (χ1) is 16.5. The molecule has 0 saturated carbocycles. The normalized spacial score (nSPS) is 11.4. The Kier molecular flexibility index (Phi) is 5.64. The number of nitrogens with one attached hydrogen (secondary N) is 2. The number of hydrogen-bond acceptors (Lipinski definition) is 1. The molecule has 3 aromatic heterocycles. The average molecular weight is 455 g/mol. The van der Waals surface area contributed by atoms with E-state index in [1.165, 1.54) is 23.0 Å². The fourth-order valence-electron chi connectivity index (χ4n) is 4.02. The van der Waals surface area contributed by atoms with Crippen LogP contribution in [0.1, 0.15) is 5.56 Å². The van der Waals surface area contributed by atoms with Gasteiger partial charge >= 0.3 is 6.18 Å². The molecule has 0 radical (unpaired) electrons. The summed E-state index contributed by atoms with van der Waals surface area (Å²) in [6.45, 7) is 0. The van der Waals surface area contributed by atoms with E-state index < -0.39 is 11.7 Å². The van der Waals surface area contributed by atoms with Crippen LogP contribution in [0.2, 0.25) is 0 Å². The summed E-state index contributed by atoms with van der Waals surface area (Å²) >= 11 is 0. The van der Waals surface area contributed by atoms with Crippen molar-refractivity contribution in [2.24, 2.45) is 0 Å². The summed E-state index contributed by atoms with van der Waals surface area (Å²) in [7, 11) is 0. The number of alkyl halides is 3. The molecule has 3 nitrogen and oxygen atoms in total. The Morgan fingerprint density at radius 2 is 1.41 bits per heavy atom. The lowest BCUT2D eigenvalue weighted by Crippen LogP contribution is -2.04. The van der Waals surface area contributed by atoms with Crippen LogP contribution in [0.4, 0.5) is 13.2 Å². The number of benzene rings is 3. The van der Waals surface area contributed by atoms with Gasteiger partial charge in [0.2, 0.25) is 0 Å². The van der Waals surface area contributed by atoms with Gasteiger partial charge in [-0.25, -0.2) is 0 Å². The Hall–Kier alpha value is -4.32. The standard InChI is InChI=1S/C20H13F3N2.C8H7N/c21-20(22,23)15-5-3-4-14(12-15)19-18(13-8-10-24-11-9-13)16-6-1-2-7-17(16)25-19;1-2-4-8-7(3-1)5-6-9-8/h1-12,25H;1-6,9H. The van der Waals surface area contributed by atoms with E-state index in [1.807, 2.05) is 54.7 Å². The van der Waals surface area contributed by atoms with E-state index in [-0.39, 0.29) is 0 Å². The third-order valence-electron chi connectivity index (χ3n) is 5.62. The number of nitrogens with zero attached hydrogens (tertiary/aromatic N) is 1. The molecule has 3 aromatic carbocycles. The molecule has 2 N–H and O–H groups in total. The van der Waals surface area contributed by atoms with Crippen molar-refractivity contribution in [1.29, 1.82) is 0 Å². The Morgan fingerprint density at radius 3 is 2.18 bits per heavy atom. The number of fused-ring (bicyclic) bond motifs is 2. The summed E-state index contributed by atoms with van der Waals surface area (Å²) in [4.78, 5) is 10.4. The van der Waals surface area contributed by atoms with Crippen LogP contribution >= 0.6 is 0 Å². The first-order valence-corrected chi connectivity index (χ1v) is 10.7. The lowest BCUT2D eigenvalue weighted by Gasteiger charge is -2.10. The van der Waals surface area contributed by atoms with Crippen molar-refractivity contribution in [3.05, 3.63) is 115 Å². The monoisotopic (exact) mass is 455 g/mol. The van der Waals surface area contributed by atoms with Crippen LogP contribution < -0.4 is 0 Å². The highest BCUT2D eigenvalue weighted by atomic mass is 19.4. The quantitative estimate of drug-likeness (QED) is 0.272.